The van der Waals surface area contributed by atoms with E-state index in [1.54, 1.807) is 6.92 Å². The summed E-state index contributed by atoms with van der Waals surface area (Å²) in [6.07, 6.45) is -5.55. The zero-order valence-corrected chi connectivity index (χ0v) is 28.5. The Morgan fingerprint density at radius 1 is 1.17 bits per heavy atom. The summed E-state index contributed by atoms with van der Waals surface area (Å²) in [5, 5.41) is 12.9. The zero-order chi connectivity index (χ0) is 34.9. The number of ether oxygens (including phenoxy) is 2. The molecule has 0 bridgehead atoms. The van der Waals surface area contributed by atoms with E-state index in [-0.39, 0.29) is 41.1 Å². The van der Waals surface area contributed by atoms with Gasteiger partial charge in [0.2, 0.25) is 15.9 Å². The van der Waals surface area contributed by atoms with Crippen molar-refractivity contribution in [1.82, 2.24) is 9.21 Å². The van der Waals surface area contributed by atoms with Gasteiger partial charge in [-0.3, -0.25) is 9.59 Å². The Kier molecular flexibility index (Phi) is 13.9. The van der Waals surface area contributed by atoms with Crippen LogP contribution in [0.3, 0.4) is 0 Å². The minimum absolute atomic E-state index is 0.0220. The normalized spacial score (nSPS) is 21.0. The van der Waals surface area contributed by atoms with Gasteiger partial charge in [-0.25, -0.2) is 8.42 Å². The van der Waals surface area contributed by atoms with Crippen molar-refractivity contribution in [3.8, 4) is 5.75 Å². The van der Waals surface area contributed by atoms with Gasteiger partial charge in [-0.1, -0.05) is 18.5 Å². The topological polar surface area (TPSA) is 125 Å². The summed E-state index contributed by atoms with van der Waals surface area (Å²) < 4.78 is 78.2. The molecule has 0 saturated heterocycles. The Bertz CT molecular complexity index is 1460. The van der Waals surface area contributed by atoms with Crippen LogP contribution in [-0.4, -0.2) is 92.3 Å². The van der Waals surface area contributed by atoms with Crippen LogP contribution in [0, 0.1) is 5.92 Å². The Morgan fingerprint density at radius 2 is 1.85 bits per heavy atom. The summed E-state index contributed by atoms with van der Waals surface area (Å²) in [6.45, 7) is 5.28. The second kappa shape index (κ2) is 17.0. The van der Waals surface area contributed by atoms with Gasteiger partial charge in [0.1, 0.15) is 5.75 Å². The second-order valence-electron chi connectivity index (χ2n) is 11.9. The Morgan fingerprint density at radius 3 is 2.49 bits per heavy atom. The second-order valence-corrected chi connectivity index (χ2v) is 14.4. The third-order valence-corrected chi connectivity index (χ3v) is 10.0. The van der Waals surface area contributed by atoms with E-state index in [1.807, 2.05) is 13.8 Å². The number of hydrogen-bond acceptors (Lipinski definition) is 7. The molecule has 2 aromatic carbocycles. The van der Waals surface area contributed by atoms with Crippen molar-refractivity contribution in [3.05, 3.63) is 53.1 Å². The van der Waals surface area contributed by atoms with E-state index in [0.29, 0.717) is 30.9 Å². The van der Waals surface area contributed by atoms with Crippen LogP contribution in [0.5, 0.6) is 5.75 Å². The predicted molar refractivity (Wildman–Crippen MR) is 172 cm³/mol. The van der Waals surface area contributed by atoms with Crippen LogP contribution in [-0.2, 0) is 19.6 Å². The molecule has 2 aromatic rings. The van der Waals surface area contributed by atoms with E-state index in [1.165, 1.54) is 58.7 Å². The summed E-state index contributed by atoms with van der Waals surface area (Å²) in [4.78, 5) is 27.9. The van der Waals surface area contributed by atoms with Crippen LogP contribution in [0.4, 0.5) is 18.9 Å². The lowest BCUT2D eigenvalue weighted by molar-refractivity contribution is -0.142. The van der Waals surface area contributed by atoms with Crippen LogP contribution >= 0.6 is 11.6 Å². The summed E-state index contributed by atoms with van der Waals surface area (Å²) in [5.74, 6) is -1.62. The number of nitrogens with one attached hydrogen (secondary N) is 1. The van der Waals surface area contributed by atoms with E-state index >= 15 is 0 Å². The number of anilines is 1. The number of rotatable bonds is 9. The molecule has 1 aliphatic rings. The minimum Gasteiger partial charge on any atom is -0.490 e. The molecule has 47 heavy (non-hydrogen) atoms. The minimum atomic E-state index is -4.50. The van der Waals surface area contributed by atoms with Gasteiger partial charge in [0.05, 0.1) is 41.7 Å². The van der Waals surface area contributed by atoms with Gasteiger partial charge < -0.3 is 24.8 Å². The number of fused-ring (bicyclic) bond motifs is 1. The number of alkyl halides is 3. The molecule has 0 fully saturated rings. The lowest BCUT2D eigenvalue weighted by atomic mass is 10.0. The van der Waals surface area contributed by atoms with Crippen molar-refractivity contribution in [2.45, 2.75) is 82.2 Å². The number of amides is 2. The first-order valence-corrected chi connectivity index (χ1v) is 17.3. The highest BCUT2D eigenvalue weighted by Crippen LogP contribution is 2.29. The summed E-state index contributed by atoms with van der Waals surface area (Å²) in [6, 6.07) is 9.43. The van der Waals surface area contributed by atoms with Crippen LogP contribution in [0.2, 0.25) is 5.02 Å². The molecule has 0 aromatic heterocycles. The molecule has 15 heteroatoms. The van der Waals surface area contributed by atoms with Crippen LogP contribution in [0.25, 0.3) is 0 Å². The average Bonchev–Trinajstić information content (AvgIpc) is 3.01. The molecule has 0 unspecified atom stereocenters. The standard InChI is InChI=1S/C32H43ClF3N3O7S/c1-21-18-39(22(2)20-40)31(42)27-17-25(37-30(41)14-15-32(34,35)36)10-13-28(27)46-23(3)7-5-6-16-45-29(21)19-38(4)47(43,44)26-11-8-24(33)9-12-26/h8-13,17,21-23,29,40H,5-7,14-16,18-20H2,1-4H3,(H,37,41)/t21-,22-,23+,29-/m1/s1. The van der Waals surface area contributed by atoms with Crippen LogP contribution in [0.15, 0.2) is 47.4 Å². The van der Waals surface area contributed by atoms with Gasteiger partial charge in [-0.05, 0) is 75.6 Å². The third kappa shape index (κ3) is 11.3. The van der Waals surface area contributed by atoms with E-state index < -0.39 is 65.5 Å². The van der Waals surface area contributed by atoms with Gasteiger partial charge in [0, 0.05) is 49.8 Å². The molecular weight excluding hydrogens is 663 g/mol. The molecule has 0 saturated carbocycles. The number of carbonyl (C=O) groups excluding carboxylic acids is 2. The first kappa shape index (κ1) is 38.5. The Hall–Kier alpha value is -2.91. The monoisotopic (exact) mass is 705 g/mol. The number of carbonyl (C=O) groups is 2. The quantitative estimate of drug-likeness (QED) is 0.341. The van der Waals surface area contributed by atoms with Crippen molar-refractivity contribution in [2.24, 2.45) is 5.92 Å². The fourth-order valence-corrected chi connectivity index (χ4v) is 6.39. The van der Waals surface area contributed by atoms with Gasteiger partial charge in [0.25, 0.3) is 5.91 Å². The Balaban J connectivity index is 1.94. The first-order valence-electron chi connectivity index (χ1n) is 15.4. The summed E-state index contributed by atoms with van der Waals surface area (Å²) in [7, 11) is -2.45. The molecule has 3 rings (SSSR count). The van der Waals surface area contributed by atoms with E-state index in [2.05, 4.69) is 5.32 Å². The smallest absolute Gasteiger partial charge is 0.389 e. The maximum absolute atomic E-state index is 14.2. The van der Waals surface area contributed by atoms with E-state index in [4.69, 9.17) is 21.1 Å². The van der Waals surface area contributed by atoms with Crippen LogP contribution in [0.1, 0.15) is 63.2 Å². The fourth-order valence-electron chi connectivity index (χ4n) is 5.08. The van der Waals surface area contributed by atoms with Crippen molar-refractivity contribution in [3.63, 3.8) is 0 Å². The number of likely N-dealkylation sites (N-methyl/N-ethyl adjacent to an activating group) is 1. The van der Waals surface area contributed by atoms with E-state index in [9.17, 15) is 36.3 Å². The van der Waals surface area contributed by atoms with Crippen molar-refractivity contribution < 1.29 is 45.8 Å². The SMILES string of the molecule is C[C@@H]1CN([C@H](C)CO)C(=O)c2cc(NC(=O)CCC(F)(F)F)ccc2O[C@@H](C)CCCCO[C@@H]1CN(C)S(=O)(=O)c1ccc(Cl)cc1. The molecule has 262 valence electrons. The highest BCUT2D eigenvalue weighted by Gasteiger charge is 2.33. The third-order valence-electron chi connectivity index (χ3n) is 7.93. The molecule has 0 aliphatic carbocycles. The number of aliphatic hydroxyl groups excluding tert-OH is 1. The van der Waals surface area contributed by atoms with Gasteiger partial charge in [-0.2, -0.15) is 17.5 Å². The molecule has 2 amide bonds. The molecule has 2 N–H and O–H groups in total. The first-order chi connectivity index (χ1) is 22.0. The Labute approximate surface area is 279 Å². The zero-order valence-electron chi connectivity index (χ0n) is 26.9. The number of nitrogens with zero attached hydrogens (tertiary/aromatic N) is 2. The van der Waals surface area contributed by atoms with Crippen LogP contribution < -0.4 is 10.1 Å². The number of sulfonamides is 1. The van der Waals surface area contributed by atoms with Gasteiger partial charge in [-0.15, -0.1) is 0 Å². The molecular formula is C32H43ClF3N3O7S. The van der Waals surface area contributed by atoms with Crippen molar-refractivity contribution in [1.29, 1.82) is 0 Å². The van der Waals surface area contributed by atoms with Gasteiger partial charge >= 0.3 is 6.18 Å². The molecule has 1 aliphatic heterocycles. The predicted octanol–water partition coefficient (Wildman–Crippen LogP) is 5.74. The van der Waals surface area contributed by atoms with E-state index in [0.717, 1.165) is 0 Å². The molecule has 4 atom stereocenters. The number of aliphatic hydroxyl groups is 1. The molecule has 0 spiro atoms. The maximum Gasteiger partial charge on any atom is 0.389 e. The van der Waals surface area contributed by atoms with Gasteiger partial charge in [0.15, 0.2) is 0 Å². The summed E-state index contributed by atoms with van der Waals surface area (Å²) in [5.41, 5.74) is 0.163. The lowest BCUT2D eigenvalue weighted by Crippen LogP contribution is -2.48. The number of halogens is 4. The average molecular weight is 706 g/mol. The maximum atomic E-state index is 14.2. The molecule has 0 radical (unpaired) electrons. The fraction of sp³-hybridized carbons (Fsp3) is 0.562. The largest absolute Gasteiger partial charge is 0.490 e. The highest BCUT2D eigenvalue weighted by atomic mass is 35.5. The molecule has 10 nitrogen and oxygen atoms in total. The van der Waals surface area contributed by atoms with Crippen molar-refractivity contribution in [2.75, 3.05) is 38.7 Å². The number of benzene rings is 2. The lowest BCUT2D eigenvalue weighted by Gasteiger charge is -2.35. The molecule has 1 heterocycles. The number of hydrogen-bond donors (Lipinski definition) is 2. The highest BCUT2D eigenvalue weighted by molar-refractivity contribution is 7.89. The van der Waals surface area contributed by atoms with Crippen molar-refractivity contribution >= 4 is 39.1 Å². The summed E-state index contributed by atoms with van der Waals surface area (Å²) >= 11 is 5.94.